The van der Waals surface area contributed by atoms with Crippen molar-refractivity contribution in [1.82, 2.24) is 9.97 Å². The lowest BCUT2D eigenvalue weighted by molar-refractivity contribution is 0.305. The fraction of sp³-hybridized carbons (Fsp3) is 0.0476. The first-order valence-corrected chi connectivity index (χ1v) is 9.06. The molecular weight excluding hydrogens is 411 g/mol. The topological polar surface area (TPSA) is 55.0 Å². The van der Waals surface area contributed by atoms with Gasteiger partial charge in [0.2, 0.25) is 0 Å². The quantitative estimate of drug-likeness (QED) is 0.497. The SMILES string of the molecule is O=c1[nH]c(-c2cccc(OCc3cc(F)ccc3Br)c2)nc2ccccc12. The number of halogens is 2. The highest BCUT2D eigenvalue weighted by Gasteiger charge is 2.08. The van der Waals surface area contributed by atoms with E-state index in [4.69, 9.17) is 4.74 Å². The molecule has 4 aromatic rings. The molecule has 0 aliphatic rings. The van der Waals surface area contributed by atoms with Crippen molar-refractivity contribution in [2.45, 2.75) is 6.61 Å². The number of benzene rings is 3. The van der Waals surface area contributed by atoms with Crippen molar-refractivity contribution in [2.24, 2.45) is 0 Å². The normalized spacial score (nSPS) is 10.9. The summed E-state index contributed by atoms with van der Waals surface area (Å²) in [5, 5.41) is 0.546. The van der Waals surface area contributed by atoms with Crippen molar-refractivity contribution in [3.63, 3.8) is 0 Å². The standard InChI is InChI=1S/C21H14BrFN2O2/c22-18-9-8-15(23)10-14(18)12-27-16-5-3-4-13(11-16)20-24-19-7-2-1-6-17(19)21(26)25-20/h1-11H,12H2,(H,24,25,26). The molecule has 1 aromatic heterocycles. The van der Waals surface area contributed by atoms with Crippen LogP contribution >= 0.6 is 15.9 Å². The highest BCUT2D eigenvalue weighted by atomic mass is 79.9. The summed E-state index contributed by atoms with van der Waals surface area (Å²) in [5.74, 6) is 0.749. The van der Waals surface area contributed by atoms with Crippen molar-refractivity contribution >= 4 is 26.8 Å². The molecule has 4 nitrogen and oxygen atoms in total. The molecule has 0 saturated heterocycles. The van der Waals surface area contributed by atoms with Gasteiger partial charge in [-0.2, -0.15) is 0 Å². The molecule has 0 aliphatic carbocycles. The average Bonchev–Trinajstić information content (AvgIpc) is 2.69. The van der Waals surface area contributed by atoms with E-state index in [0.717, 1.165) is 10.0 Å². The zero-order valence-corrected chi connectivity index (χ0v) is 15.7. The van der Waals surface area contributed by atoms with Gasteiger partial charge in [0.25, 0.3) is 5.56 Å². The van der Waals surface area contributed by atoms with Crippen LogP contribution in [0.1, 0.15) is 5.56 Å². The first kappa shape index (κ1) is 17.4. The molecular formula is C21H14BrFN2O2. The first-order chi connectivity index (χ1) is 13.1. The van der Waals surface area contributed by atoms with Crippen LogP contribution in [0, 0.1) is 5.82 Å². The fourth-order valence-electron chi connectivity index (χ4n) is 2.77. The van der Waals surface area contributed by atoms with Gasteiger partial charge in [-0.05, 0) is 42.5 Å². The molecule has 1 N–H and O–H groups in total. The van der Waals surface area contributed by atoms with Gasteiger partial charge in [-0.1, -0.05) is 40.2 Å². The molecule has 0 amide bonds. The number of H-pyrrole nitrogens is 1. The van der Waals surface area contributed by atoms with Crippen LogP contribution < -0.4 is 10.3 Å². The van der Waals surface area contributed by atoms with Crippen LogP contribution in [0.4, 0.5) is 4.39 Å². The third kappa shape index (κ3) is 3.75. The Hall–Kier alpha value is -2.99. The molecule has 0 saturated carbocycles. The van der Waals surface area contributed by atoms with Crippen LogP contribution in [0.15, 0.2) is 76.0 Å². The van der Waals surface area contributed by atoms with Crippen LogP contribution in [-0.2, 0) is 6.61 Å². The lowest BCUT2D eigenvalue weighted by Crippen LogP contribution is -2.09. The Labute approximate surface area is 162 Å². The van der Waals surface area contributed by atoms with Crippen LogP contribution in [-0.4, -0.2) is 9.97 Å². The van der Waals surface area contributed by atoms with Crippen molar-refractivity contribution < 1.29 is 9.13 Å². The molecule has 0 spiro atoms. The van der Waals surface area contributed by atoms with Gasteiger partial charge in [0, 0.05) is 15.6 Å². The number of aromatic amines is 1. The predicted molar refractivity (Wildman–Crippen MR) is 106 cm³/mol. The number of rotatable bonds is 4. The number of hydrogen-bond acceptors (Lipinski definition) is 3. The molecule has 1 heterocycles. The summed E-state index contributed by atoms with van der Waals surface area (Å²) in [6.45, 7) is 0.212. The minimum Gasteiger partial charge on any atom is -0.489 e. The number of hydrogen-bond donors (Lipinski definition) is 1. The van der Waals surface area contributed by atoms with Crippen LogP contribution in [0.2, 0.25) is 0 Å². The molecule has 0 aliphatic heterocycles. The van der Waals surface area contributed by atoms with E-state index in [9.17, 15) is 9.18 Å². The molecule has 4 rings (SSSR count). The Kier molecular flexibility index (Phi) is 4.73. The maximum Gasteiger partial charge on any atom is 0.259 e. The van der Waals surface area contributed by atoms with Gasteiger partial charge in [-0.25, -0.2) is 9.37 Å². The Morgan fingerprint density at radius 2 is 1.89 bits per heavy atom. The van der Waals surface area contributed by atoms with Gasteiger partial charge in [-0.15, -0.1) is 0 Å². The molecule has 0 fully saturated rings. The van der Waals surface area contributed by atoms with Crippen molar-refractivity contribution in [3.05, 3.63) is 92.9 Å². The van der Waals surface area contributed by atoms with Crippen molar-refractivity contribution in [2.75, 3.05) is 0 Å². The van der Waals surface area contributed by atoms with Crippen molar-refractivity contribution in [3.8, 4) is 17.1 Å². The zero-order valence-electron chi connectivity index (χ0n) is 14.1. The van der Waals surface area contributed by atoms with E-state index in [1.54, 1.807) is 36.4 Å². The van der Waals surface area contributed by atoms with Gasteiger partial charge in [0.05, 0.1) is 10.9 Å². The molecule has 0 radical (unpaired) electrons. The largest absolute Gasteiger partial charge is 0.489 e. The second-order valence-corrected chi connectivity index (χ2v) is 6.84. The third-order valence-electron chi connectivity index (χ3n) is 4.12. The Morgan fingerprint density at radius 3 is 2.78 bits per heavy atom. The third-order valence-corrected chi connectivity index (χ3v) is 4.90. The number of aromatic nitrogens is 2. The van der Waals surface area contributed by atoms with Gasteiger partial charge in [-0.3, -0.25) is 4.79 Å². The fourth-order valence-corrected chi connectivity index (χ4v) is 3.13. The summed E-state index contributed by atoms with van der Waals surface area (Å²) in [6, 6.07) is 18.9. The summed E-state index contributed by atoms with van der Waals surface area (Å²) in [7, 11) is 0. The number of nitrogens with one attached hydrogen (secondary N) is 1. The number of fused-ring (bicyclic) bond motifs is 1. The zero-order chi connectivity index (χ0) is 18.8. The Balaban J connectivity index is 1.63. The molecule has 0 unspecified atom stereocenters. The maximum absolute atomic E-state index is 13.4. The van der Waals surface area contributed by atoms with Gasteiger partial charge in [0.15, 0.2) is 0 Å². The van der Waals surface area contributed by atoms with Crippen LogP contribution in [0.25, 0.3) is 22.3 Å². The summed E-state index contributed by atoms with van der Waals surface area (Å²) >= 11 is 3.39. The van der Waals surface area contributed by atoms with E-state index in [2.05, 4.69) is 25.9 Å². The summed E-state index contributed by atoms with van der Waals surface area (Å²) < 4.78 is 20.0. The monoisotopic (exact) mass is 424 g/mol. The highest BCUT2D eigenvalue weighted by molar-refractivity contribution is 9.10. The van der Waals surface area contributed by atoms with E-state index >= 15 is 0 Å². The predicted octanol–water partition coefficient (Wildman–Crippen LogP) is 5.07. The number of nitrogens with zero attached hydrogens (tertiary/aromatic N) is 1. The number of para-hydroxylation sites is 1. The summed E-state index contributed by atoms with van der Waals surface area (Å²) in [5.41, 5.74) is 1.88. The number of ether oxygens (including phenoxy) is 1. The Bertz CT molecular complexity index is 1190. The molecule has 3 aromatic carbocycles. The minimum atomic E-state index is -0.316. The minimum absolute atomic E-state index is 0.189. The van der Waals surface area contributed by atoms with Gasteiger partial charge < -0.3 is 9.72 Å². The van der Waals surface area contributed by atoms with E-state index in [1.807, 2.05) is 18.2 Å². The second-order valence-electron chi connectivity index (χ2n) is 5.98. The molecule has 6 heteroatoms. The molecule has 0 atom stereocenters. The van der Waals surface area contributed by atoms with E-state index in [1.165, 1.54) is 12.1 Å². The van der Waals surface area contributed by atoms with Gasteiger partial charge in [0.1, 0.15) is 24.0 Å². The second kappa shape index (κ2) is 7.32. The van der Waals surface area contributed by atoms with Crippen LogP contribution in [0.3, 0.4) is 0 Å². The Morgan fingerprint density at radius 1 is 1.04 bits per heavy atom. The highest BCUT2D eigenvalue weighted by Crippen LogP contribution is 2.24. The lowest BCUT2D eigenvalue weighted by Gasteiger charge is -2.10. The smallest absolute Gasteiger partial charge is 0.259 e. The van der Waals surface area contributed by atoms with E-state index in [-0.39, 0.29) is 18.0 Å². The van der Waals surface area contributed by atoms with E-state index in [0.29, 0.717) is 28.0 Å². The molecule has 134 valence electrons. The van der Waals surface area contributed by atoms with Crippen LogP contribution in [0.5, 0.6) is 5.75 Å². The first-order valence-electron chi connectivity index (χ1n) is 8.26. The summed E-state index contributed by atoms with van der Waals surface area (Å²) in [4.78, 5) is 19.6. The molecule has 27 heavy (non-hydrogen) atoms. The van der Waals surface area contributed by atoms with E-state index < -0.39 is 0 Å². The maximum atomic E-state index is 13.4. The van der Waals surface area contributed by atoms with Gasteiger partial charge >= 0.3 is 0 Å². The molecule has 0 bridgehead atoms. The van der Waals surface area contributed by atoms with Crippen molar-refractivity contribution in [1.29, 1.82) is 0 Å². The summed E-state index contributed by atoms with van der Waals surface area (Å²) in [6.07, 6.45) is 0. The lowest BCUT2D eigenvalue weighted by atomic mass is 10.2. The average molecular weight is 425 g/mol.